The molecule has 150 valence electrons. The van der Waals surface area contributed by atoms with E-state index in [1.54, 1.807) is 19.4 Å². The number of nitrogens with zero attached hydrogens (tertiary/aromatic N) is 1. The van der Waals surface area contributed by atoms with Gasteiger partial charge in [0.05, 0.1) is 30.3 Å². The Morgan fingerprint density at radius 1 is 1.14 bits per heavy atom. The van der Waals surface area contributed by atoms with Gasteiger partial charge in [-0.05, 0) is 47.4 Å². The minimum atomic E-state index is -0.544. The molecule has 2 heterocycles. The highest BCUT2D eigenvalue weighted by atomic mass is 16.5. The summed E-state index contributed by atoms with van der Waals surface area (Å²) in [5.41, 5.74) is 8.57. The molecule has 0 aliphatic heterocycles. The molecule has 29 heavy (non-hydrogen) atoms. The molecule has 0 amide bonds. The molecule has 1 aromatic carbocycles. The zero-order valence-electron chi connectivity index (χ0n) is 16.9. The minimum Gasteiger partial charge on any atom is -0.496 e. The van der Waals surface area contributed by atoms with Crippen LogP contribution in [0.4, 0.5) is 5.69 Å². The van der Waals surface area contributed by atoms with Crippen molar-refractivity contribution in [1.29, 1.82) is 0 Å². The van der Waals surface area contributed by atoms with Crippen LogP contribution in [0.15, 0.2) is 46.2 Å². The van der Waals surface area contributed by atoms with Crippen LogP contribution in [0.1, 0.15) is 37.6 Å². The number of ether oxygens (including phenoxy) is 1. The first-order valence-corrected chi connectivity index (χ1v) is 9.13. The standard InChI is InChI=1S/C22H24N4O3/c1-22(2,3)18-10-14(17-12-25-21(28)26-20(17)27)9-13(19(18)29-4)5-7-16-8-6-15(23)11-24-16/h5-12H,23H2,1-4H3,(H2,25,26,27,28)/b7-5+. The van der Waals surface area contributed by atoms with Crippen LogP contribution in [0, 0.1) is 0 Å². The van der Waals surface area contributed by atoms with E-state index in [1.807, 2.05) is 30.4 Å². The van der Waals surface area contributed by atoms with Crippen molar-refractivity contribution in [2.24, 2.45) is 0 Å². The largest absolute Gasteiger partial charge is 0.496 e. The predicted octanol–water partition coefficient (Wildman–Crippen LogP) is 3.18. The van der Waals surface area contributed by atoms with Gasteiger partial charge in [-0.3, -0.25) is 14.8 Å². The van der Waals surface area contributed by atoms with Crippen LogP contribution in [0.5, 0.6) is 5.75 Å². The van der Waals surface area contributed by atoms with Gasteiger partial charge in [0, 0.05) is 17.3 Å². The van der Waals surface area contributed by atoms with Crippen molar-refractivity contribution in [1.82, 2.24) is 15.0 Å². The number of nitrogens with one attached hydrogen (secondary N) is 2. The Morgan fingerprint density at radius 2 is 1.90 bits per heavy atom. The topological polar surface area (TPSA) is 114 Å². The Labute approximate surface area is 168 Å². The number of benzene rings is 1. The lowest BCUT2D eigenvalue weighted by molar-refractivity contribution is 0.397. The second kappa shape index (κ2) is 7.79. The van der Waals surface area contributed by atoms with E-state index in [0.29, 0.717) is 22.6 Å². The highest BCUT2D eigenvalue weighted by molar-refractivity contribution is 5.78. The molecular weight excluding hydrogens is 368 g/mol. The first-order chi connectivity index (χ1) is 13.7. The third-order valence-corrected chi connectivity index (χ3v) is 4.50. The van der Waals surface area contributed by atoms with E-state index in [9.17, 15) is 9.59 Å². The summed E-state index contributed by atoms with van der Waals surface area (Å²) in [6.45, 7) is 6.21. The molecule has 0 unspecified atom stereocenters. The van der Waals surface area contributed by atoms with Crippen LogP contribution in [0.2, 0.25) is 0 Å². The number of nitrogen functional groups attached to an aromatic ring is 1. The Kier molecular flexibility index (Phi) is 5.41. The second-order valence-corrected chi connectivity index (χ2v) is 7.73. The summed E-state index contributed by atoms with van der Waals surface area (Å²) in [5, 5.41) is 0. The zero-order chi connectivity index (χ0) is 21.2. The maximum Gasteiger partial charge on any atom is 0.325 e. The van der Waals surface area contributed by atoms with Crippen LogP contribution < -0.4 is 21.7 Å². The van der Waals surface area contributed by atoms with Gasteiger partial charge in [0.25, 0.3) is 5.56 Å². The molecule has 3 rings (SSSR count). The van der Waals surface area contributed by atoms with Crippen LogP contribution >= 0.6 is 0 Å². The number of aromatic amines is 2. The molecule has 2 aromatic heterocycles. The molecule has 4 N–H and O–H groups in total. The maximum atomic E-state index is 12.3. The Morgan fingerprint density at radius 3 is 2.48 bits per heavy atom. The summed E-state index contributed by atoms with van der Waals surface area (Å²) in [6.07, 6.45) is 6.75. The number of nitrogens with two attached hydrogens (primary N) is 1. The molecule has 0 saturated carbocycles. The molecule has 0 saturated heterocycles. The van der Waals surface area contributed by atoms with Gasteiger partial charge in [-0.2, -0.15) is 0 Å². The summed E-state index contributed by atoms with van der Waals surface area (Å²) in [4.78, 5) is 32.8. The van der Waals surface area contributed by atoms with Gasteiger partial charge in [-0.1, -0.05) is 20.8 Å². The lowest BCUT2D eigenvalue weighted by Crippen LogP contribution is -2.23. The summed E-state index contributed by atoms with van der Waals surface area (Å²) in [6, 6.07) is 7.37. The summed E-state index contributed by atoms with van der Waals surface area (Å²) in [5.74, 6) is 0.716. The van der Waals surface area contributed by atoms with Gasteiger partial charge in [-0.15, -0.1) is 0 Å². The molecule has 0 bridgehead atoms. The quantitative estimate of drug-likeness (QED) is 0.631. The van der Waals surface area contributed by atoms with Gasteiger partial charge >= 0.3 is 5.69 Å². The SMILES string of the molecule is COc1c(/C=C/c2ccc(N)cn2)cc(-c2c[nH]c(=O)[nH]c2=O)cc1C(C)(C)C. The number of aromatic nitrogens is 3. The average Bonchev–Trinajstić information content (AvgIpc) is 2.66. The number of anilines is 1. The van der Waals surface area contributed by atoms with Crippen LogP contribution in [0.3, 0.4) is 0 Å². The van der Waals surface area contributed by atoms with E-state index in [4.69, 9.17) is 10.5 Å². The number of pyridine rings is 1. The third kappa shape index (κ3) is 4.45. The van der Waals surface area contributed by atoms with E-state index in [2.05, 4.69) is 35.7 Å². The fourth-order valence-electron chi connectivity index (χ4n) is 3.03. The van der Waals surface area contributed by atoms with Gasteiger partial charge in [0.1, 0.15) is 5.75 Å². The van der Waals surface area contributed by atoms with E-state index in [0.717, 1.165) is 16.8 Å². The number of hydrogen-bond acceptors (Lipinski definition) is 5. The summed E-state index contributed by atoms with van der Waals surface area (Å²) < 4.78 is 5.72. The highest BCUT2D eigenvalue weighted by Gasteiger charge is 2.22. The van der Waals surface area contributed by atoms with Crippen molar-refractivity contribution in [3.8, 4) is 16.9 Å². The van der Waals surface area contributed by atoms with E-state index in [1.165, 1.54) is 6.20 Å². The normalized spacial score (nSPS) is 11.7. The van der Waals surface area contributed by atoms with Gasteiger partial charge < -0.3 is 15.5 Å². The van der Waals surface area contributed by atoms with Gasteiger partial charge in [-0.25, -0.2) is 4.79 Å². The molecule has 0 fully saturated rings. The van der Waals surface area contributed by atoms with E-state index in [-0.39, 0.29) is 5.41 Å². The fraction of sp³-hybridized carbons (Fsp3) is 0.227. The van der Waals surface area contributed by atoms with Gasteiger partial charge in [0.2, 0.25) is 0 Å². The Bertz CT molecular complexity index is 1170. The highest BCUT2D eigenvalue weighted by Crippen LogP contribution is 2.38. The first kappa shape index (κ1) is 20.1. The minimum absolute atomic E-state index is 0.238. The molecule has 0 radical (unpaired) electrons. The molecular formula is C22H24N4O3. The van der Waals surface area contributed by atoms with Gasteiger partial charge in [0.15, 0.2) is 0 Å². The lowest BCUT2D eigenvalue weighted by atomic mass is 9.83. The smallest absolute Gasteiger partial charge is 0.325 e. The Balaban J connectivity index is 2.21. The average molecular weight is 392 g/mol. The summed E-state index contributed by atoms with van der Waals surface area (Å²) >= 11 is 0. The molecule has 7 nitrogen and oxygen atoms in total. The maximum absolute atomic E-state index is 12.3. The fourth-order valence-corrected chi connectivity index (χ4v) is 3.03. The Hall–Kier alpha value is -3.61. The number of rotatable bonds is 4. The lowest BCUT2D eigenvalue weighted by Gasteiger charge is -2.24. The van der Waals surface area contributed by atoms with Crippen LogP contribution in [-0.2, 0) is 5.41 Å². The molecule has 0 aliphatic rings. The molecule has 0 aliphatic carbocycles. The van der Waals surface area contributed by atoms with Crippen molar-refractivity contribution >= 4 is 17.8 Å². The number of methoxy groups -OCH3 is 1. The molecule has 0 atom stereocenters. The van der Waals surface area contributed by atoms with Crippen molar-refractivity contribution in [2.75, 3.05) is 12.8 Å². The molecule has 3 aromatic rings. The third-order valence-electron chi connectivity index (χ3n) is 4.50. The van der Waals surface area contributed by atoms with E-state index >= 15 is 0 Å². The van der Waals surface area contributed by atoms with Crippen molar-refractivity contribution < 1.29 is 4.74 Å². The van der Waals surface area contributed by atoms with Crippen molar-refractivity contribution in [2.45, 2.75) is 26.2 Å². The monoisotopic (exact) mass is 392 g/mol. The van der Waals surface area contributed by atoms with Crippen molar-refractivity contribution in [3.63, 3.8) is 0 Å². The van der Waals surface area contributed by atoms with Crippen molar-refractivity contribution in [3.05, 3.63) is 74.3 Å². The molecule has 7 heteroatoms. The zero-order valence-corrected chi connectivity index (χ0v) is 16.9. The van der Waals surface area contributed by atoms with Crippen LogP contribution in [0.25, 0.3) is 23.3 Å². The molecule has 0 spiro atoms. The van der Waals surface area contributed by atoms with Crippen LogP contribution in [-0.4, -0.2) is 22.1 Å². The predicted molar refractivity (Wildman–Crippen MR) is 116 cm³/mol. The van der Waals surface area contributed by atoms with E-state index < -0.39 is 11.2 Å². The second-order valence-electron chi connectivity index (χ2n) is 7.73. The summed E-state index contributed by atoms with van der Waals surface area (Å²) in [7, 11) is 1.62. The number of H-pyrrole nitrogens is 2. The first-order valence-electron chi connectivity index (χ1n) is 9.13. The number of hydrogen-bond donors (Lipinski definition) is 3.